The molecular formula is C12H12BrFN2S. The van der Waals surface area contributed by atoms with Crippen molar-refractivity contribution in [2.75, 3.05) is 0 Å². The minimum atomic E-state index is -0.219. The van der Waals surface area contributed by atoms with E-state index >= 15 is 0 Å². The van der Waals surface area contributed by atoms with Gasteiger partial charge in [-0.1, -0.05) is 12.1 Å². The molecule has 0 saturated heterocycles. The SMILES string of the molecule is NNC(Cc1cccc(F)c1)c1sccc1Br. The number of hydrogen-bond donors (Lipinski definition) is 2. The number of hydrogen-bond acceptors (Lipinski definition) is 3. The first-order valence-electron chi connectivity index (χ1n) is 5.14. The standard InChI is InChI=1S/C12H12BrFN2S/c13-10-4-5-17-12(10)11(16-15)7-8-2-1-3-9(14)6-8/h1-6,11,16H,7,15H2. The van der Waals surface area contributed by atoms with Crippen molar-refractivity contribution in [2.45, 2.75) is 12.5 Å². The van der Waals surface area contributed by atoms with Crippen LogP contribution in [0, 0.1) is 5.82 Å². The fourth-order valence-electron chi connectivity index (χ4n) is 1.68. The Balaban J connectivity index is 2.19. The van der Waals surface area contributed by atoms with Crippen molar-refractivity contribution in [3.63, 3.8) is 0 Å². The summed E-state index contributed by atoms with van der Waals surface area (Å²) in [7, 11) is 0. The molecule has 2 rings (SSSR count). The molecule has 1 aromatic heterocycles. The fourth-order valence-corrected chi connectivity index (χ4v) is 3.39. The molecule has 1 heterocycles. The van der Waals surface area contributed by atoms with Crippen molar-refractivity contribution in [1.82, 2.24) is 5.43 Å². The highest BCUT2D eigenvalue weighted by atomic mass is 79.9. The van der Waals surface area contributed by atoms with Crippen LogP contribution in [0.25, 0.3) is 0 Å². The second-order valence-electron chi connectivity index (χ2n) is 3.69. The molecule has 0 aliphatic rings. The van der Waals surface area contributed by atoms with E-state index in [4.69, 9.17) is 5.84 Å². The summed E-state index contributed by atoms with van der Waals surface area (Å²) in [6.07, 6.45) is 0.660. The molecule has 3 N–H and O–H groups in total. The number of benzene rings is 1. The van der Waals surface area contributed by atoms with Gasteiger partial charge in [-0.2, -0.15) is 0 Å². The topological polar surface area (TPSA) is 38.0 Å². The van der Waals surface area contributed by atoms with Crippen LogP contribution in [-0.4, -0.2) is 0 Å². The third kappa shape index (κ3) is 3.13. The third-order valence-electron chi connectivity index (χ3n) is 2.49. The van der Waals surface area contributed by atoms with E-state index in [2.05, 4.69) is 21.4 Å². The van der Waals surface area contributed by atoms with Crippen LogP contribution in [0.3, 0.4) is 0 Å². The Morgan fingerprint density at radius 3 is 2.82 bits per heavy atom. The minimum absolute atomic E-state index is 0.00817. The Hall–Kier alpha value is -0.750. The maximum atomic E-state index is 13.1. The molecule has 90 valence electrons. The van der Waals surface area contributed by atoms with Crippen molar-refractivity contribution in [1.29, 1.82) is 0 Å². The normalized spacial score (nSPS) is 12.6. The summed E-state index contributed by atoms with van der Waals surface area (Å²) in [5.74, 6) is 5.34. The summed E-state index contributed by atoms with van der Waals surface area (Å²) in [6.45, 7) is 0. The number of thiophene rings is 1. The van der Waals surface area contributed by atoms with Gasteiger partial charge in [-0.05, 0) is 51.5 Å². The van der Waals surface area contributed by atoms with Crippen molar-refractivity contribution in [2.24, 2.45) is 5.84 Å². The van der Waals surface area contributed by atoms with Gasteiger partial charge in [0.05, 0.1) is 6.04 Å². The van der Waals surface area contributed by atoms with E-state index in [1.54, 1.807) is 17.4 Å². The second kappa shape index (κ2) is 5.73. The molecule has 0 amide bonds. The quantitative estimate of drug-likeness (QED) is 0.670. The summed E-state index contributed by atoms with van der Waals surface area (Å²) in [6, 6.07) is 8.56. The van der Waals surface area contributed by atoms with Crippen LogP contribution in [0.5, 0.6) is 0 Å². The lowest BCUT2D eigenvalue weighted by Gasteiger charge is -2.15. The van der Waals surface area contributed by atoms with Crippen molar-refractivity contribution >= 4 is 27.3 Å². The van der Waals surface area contributed by atoms with Crippen LogP contribution < -0.4 is 11.3 Å². The molecule has 0 aliphatic carbocycles. The van der Waals surface area contributed by atoms with Gasteiger partial charge in [-0.3, -0.25) is 11.3 Å². The monoisotopic (exact) mass is 314 g/mol. The molecule has 1 unspecified atom stereocenters. The van der Waals surface area contributed by atoms with Crippen LogP contribution >= 0.6 is 27.3 Å². The first kappa shape index (κ1) is 12.7. The fraction of sp³-hybridized carbons (Fsp3) is 0.167. The van der Waals surface area contributed by atoms with Crippen LogP contribution in [0.1, 0.15) is 16.5 Å². The molecule has 17 heavy (non-hydrogen) atoms. The third-order valence-corrected chi connectivity index (χ3v) is 4.48. The van der Waals surface area contributed by atoms with E-state index in [1.807, 2.05) is 17.5 Å². The number of halogens is 2. The van der Waals surface area contributed by atoms with Gasteiger partial charge in [0.1, 0.15) is 5.82 Å². The van der Waals surface area contributed by atoms with E-state index in [9.17, 15) is 4.39 Å². The summed E-state index contributed by atoms with van der Waals surface area (Å²) < 4.78 is 14.1. The number of rotatable bonds is 4. The average molecular weight is 315 g/mol. The summed E-state index contributed by atoms with van der Waals surface area (Å²) in [5.41, 5.74) is 3.70. The van der Waals surface area contributed by atoms with Gasteiger partial charge in [-0.15, -0.1) is 11.3 Å². The van der Waals surface area contributed by atoms with Crippen LogP contribution in [0.15, 0.2) is 40.2 Å². The molecular weight excluding hydrogens is 303 g/mol. The van der Waals surface area contributed by atoms with Crippen LogP contribution in [0.2, 0.25) is 0 Å². The molecule has 0 bridgehead atoms. The smallest absolute Gasteiger partial charge is 0.123 e. The summed E-state index contributed by atoms with van der Waals surface area (Å²) in [5, 5.41) is 2.00. The largest absolute Gasteiger partial charge is 0.271 e. The first-order valence-corrected chi connectivity index (χ1v) is 6.81. The lowest BCUT2D eigenvalue weighted by Crippen LogP contribution is -2.29. The van der Waals surface area contributed by atoms with E-state index in [1.165, 1.54) is 12.1 Å². The van der Waals surface area contributed by atoms with E-state index in [0.29, 0.717) is 6.42 Å². The predicted octanol–water partition coefficient (Wildman–Crippen LogP) is 3.40. The lowest BCUT2D eigenvalue weighted by molar-refractivity contribution is 0.555. The maximum absolute atomic E-state index is 13.1. The van der Waals surface area contributed by atoms with E-state index < -0.39 is 0 Å². The van der Waals surface area contributed by atoms with Crippen molar-refractivity contribution in [3.8, 4) is 0 Å². The Morgan fingerprint density at radius 2 is 2.24 bits per heavy atom. The number of nitrogens with two attached hydrogens (primary N) is 1. The van der Waals surface area contributed by atoms with Crippen LogP contribution in [-0.2, 0) is 6.42 Å². The molecule has 0 fully saturated rings. The Morgan fingerprint density at radius 1 is 1.41 bits per heavy atom. The molecule has 0 radical (unpaired) electrons. The van der Waals surface area contributed by atoms with Gasteiger partial charge in [0, 0.05) is 9.35 Å². The highest BCUT2D eigenvalue weighted by Gasteiger charge is 2.15. The zero-order valence-corrected chi connectivity index (χ0v) is 11.4. The van der Waals surface area contributed by atoms with E-state index in [-0.39, 0.29) is 11.9 Å². The lowest BCUT2D eigenvalue weighted by atomic mass is 10.1. The van der Waals surface area contributed by atoms with Crippen molar-refractivity contribution < 1.29 is 4.39 Å². The van der Waals surface area contributed by atoms with Gasteiger partial charge in [0.15, 0.2) is 0 Å². The Labute approximate surface area is 112 Å². The van der Waals surface area contributed by atoms with Crippen molar-refractivity contribution in [3.05, 3.63) is 56.4 Å². The molecule has 2 nitrogen and oxygen atoms in total. The zero-order chi connectivity index (χ0) is 12.3. The van der Waals surface area contributed by atoms with Gasteiger partial charge in [-0.25, -0.2) is 4.39 Å². The Bertz CT molecular complexity index is 501. The average Bonchev–Trinajstić information content (AvgIpc) is 2.72. The molecule has 0 saturated carbocycles. The second-order valence-corrected chi connectivity index (χ2v) is 5.49. The maximum Gasteiger partial charge on any atom is 0.123 e. The molecule has 2 aromatic rings. The predicted molar refractivity (Wildman–Crippen MR) is 72.2 cm³/mol. The number of hydrazine groups is 1. The highest BCUT2D eigenvalue weighted by molar-refractivity contribution is 9.10. The summed E-state index contributed by atoms with van der Waals surface area (Å²) >= 11 is 5.10. The summed E-state index contributed by atoms with van der Waals surface area (Å²) in [4.78, 5) is 1.12. The van der Waals surface area contributed by atoms with Gasteiger partial charge in [0.2, 0.25) is 0 Å². The molecule has 0 spiro atoms. The molecule has 5 heteroatoms. The minimum Gasteiger partial charge on any atom is -0.271 e. The highest BCUT2D eigenvalue weighted by Crippen LogP contribution is 2.30. The van der Waals surface area contributed by atoms with Gasteiger partial charge in [0.25, 0.3) is 0 Å². The van der Waals surface area contributed by atoms with Gasteiger partial charge >= 0.3 is 0 Å². The Kier molecular flexibility index (Phi) is 4.28. The van der Waals surface area contributed by atoms with Gasteiger partial charge < -0.3 is 0 Å². The number of nitrogens with one attached hydrogen (secondary N) is 1. The molecule has 1 atom stereocenters. The first-order chi connectivity index (χ1) is 8.20. The van der Waals surface area contributed by atoms with E-state index in [0.717, 1.165) is 14.9 Å². The van der Waals surface area contributed by atoms with Crippen LogP contribution in [0.4, 0.5) is 4.39 Å². The molecule has 1 aromatic carbocycles. The zero-order valence-electron chi connectivity index (χ0n) is 8.99. The molecule has 0 aliphatic heterocycles.